The Labute approximate surface area is 247 Å². The Morgan fingerprint density at radius 3 is 2.52 bits per heavy atom. The number of hydrogen-bond acceptors (Lipinski definition) is 6. The Morgan fingerprint density at radius 2 is 1.82 bits per heavy atom. The normalized spacial score (nSPS) is 22.9. The van der Waals surface area contributed by atoms with Gasteiger partial charge in [-0.05, 0) is 62.0 Å². The number of benzene rings is 1. The van der Waals surface area contributed by atoms with Crippen molar-refractivity contribution in [1.82, 2.24) is 9.62 Å². The van der Waals surface area contributed by atoms with E-state index in [1.807, 2.05) is 11.8 Å². The predicted octanol–water partition coefficient (Wildman–Crippen LogP) is 6.94. The number of carbonyl (C=O) groups is 1. The number of para-hydroxylation sites is 1. The maximum absolute atomic E-state index is 13.6. The van der Waals surface area contributed by atoms with Crippen molar-refractivity contribution < 1.29 is 17.9 Å². The number of nitrogens with one attached hydrogen (secondary N) is 1. The summed E-state index contributed by atoms with van der Waals surface area (Å²) in [7, 11) is -3.81. The van der Waals surface area contributed by atoms with Crippen molar-refractivity contribution in [3.05, 3.63) is 24.3 Å². The second-order valence-electron chi connectivity index (χ2n) is 13.3. The Kier molecular flexibility index (Phi) is 11.6. The van der Waals surface area contributed by atoms with Crippen molar-refractivity contribution in [1.29, 1.82) is 0 Å². The van der Waals surface area contributed by atoms with Crippen molar-refractivity contribution in [3.8, 4) is 0 Å². The van der Waals surface area contributed by atoms with E-state index >= 15 is 0 Å². The molecule has 0 bridgehead atoms. The Morgan fingerprint density at radius 1 is 1.12 bits per heavy atom. The molecule has 0 aromatic heterocycles. The quantitative estimate of drug-likeness (QED) is 0.250. The fourth-order valence-electron chi connectivity index (χ4n) is 6.03. The first-order valence-electron chi connectivity index (χ1n) is 15.0. The zero-order valence-corrected chi connectivity index (χ0v) is 27.3. The fraction of sp³-hybridized carbons (Fsp3) is 0.742. The van der Waals surface area contributed by atoms with Gasteiger partial charge in [0.15, 0.2) is 0 Å². The summed E-state index contributed by atoms with van der Waals surface area (Å²) in [5.41, 5.74) is 0.618. The van der Waals surface area contributed by atoms with Crippen molar-refractivity contribution in [3.63, 3.8) is 0 Å². The van der Waals surface area contributed by atoms with Gasteiger partial charge in [0, 0.05) is 35.8 Å². The van der Waals surface area contributed by atoms with Gasteiger partial charge < -0.3 is 10.1 Å². The number of rotatable bonds is 13. The molecule has 40 heavy (non-hydrogen) atoms. The third-order valence-electron chi connectivity index (χ3n) is 7.40. The number of carbonyl (C=O) groups excluding carboxylic acids is 1. The molecule has 7 nitrogen and oxygen atoms in total. The maximum atomic E-state index is 13.6. The van der Waals surface area contributed by atoms with Gasteiger partial charge in [-0.15, -0.1) is 0 Å². The highest BCUT2D eigenvalue weighted by Gasteiger charge is 2.38. The molecule has 1 saturated carbocycles. The molecule has 2 aliphatic rings. The van der Waals surface area contributed by atoms with E-state index < -0.39 is 10.0 Å². The number of aliphatic imine (C=N–C) groups is 1. The van der Waals surface area contributed by atoms with Crippen LogP contribution in [0.3, 0.4) is 0 Å². The third kappa shape index (κ3) is 9.48. The topological polar surface area (TPSA) is 88.1 Å². The number of unbranched alkanes of at least 4 members (excludes halogenated alkanes) is 1. The van der Waals surface area contributed by atoms with Crippen LogP contribution in [-0.2, 0) is 19.6 Å². The number of amidine groups is 1. The average Bonchev–Trinajstić information content (AvgIpc) is 2.83. The molecule has 1 fully saturated rings. The highest BCUT2D eigenvalue weighted by molar-refractivity contribution is 8.01. The van der Waals surface area contributed by atoms with Crippen LogP contribution in [0.15, 0.2) is 34.2 Å². The SMILES string of the molecule is CCCCOCCCN1C(CC(=O)NC2CC(C)CCC2SC(C)(C)CC(C)(C)C)=Nc2ccccc2S1(=O)=O. The monoisotopic (exact) mass is 593 g/mol. The zero-order chi connectivity index (χ0) is 29.6. The number of amides is 1. The van der Waals surface area contributed by atoms with Crippen molar-refractivity contribution in [2.24, 2.45) is 16.3 Å². The molecule has 1 aliphatic carbocycles. The van der Waals surface area contributed by atoms with Crippen LogP contribution >= 0.6 is 11.8 Å². The van der Waals surface area contributed by atoms with Crippen molar-refractivity contribution in [2.45, 2.75) is 121 Å². The highest BCUT2D eigenvalue weighted by atomic mass is 32.2. The number of hydrogen-bond donors (Lipinski definition) is 1. The van der Waals surface area contributed by atoms with E-state index in [4.69, 9.17) is 4.74 Å². The fourth-order valence-corrected chi connectivity index (χ4v) is 9.58. The minimum absolute atomic E-state index is 0.0500. The summed E-state index contributed by atoms with van der Waals surface area (Å²) in [5.74, 6) is 0.651. The van der Waals surface area contributed by atoms with E-state index in [-0.39, 0.29) is 45.8 Å². The van der Waals surface area contributed by atoms with Gasteiger partial charge in [0.25, 0.3) is 10.0 Å². The lowest BCUT2D eigenvalue weighted by atomic mass is 9.85. The van der Waals surface area contributed by atoms with Gasteiger partial charge in [-0.1, -0.05) is 67.0 Å². The van der Waals surface area contributed by atoms with Gasteiger partial charge in [-0.3, -0.25) is 9.10 Å². The molecule has 226 valence electrons. The van der Waals surface area contributed by atoms with Crippen molar-refractivity contribution in [2.75, 3.05) is 19.8 Å². The van der Waals surface area contributed by atoms with Gasteiger partial charge >= 0.3 is 0 Å². The molecule has 0 saturated heterocycles. The molecule has 1 heterocycles. The summed E-state index contributed by atoms with van der Waals surface area (Å²) in [4.78, 5) is 18.4. The first-order chi connectivity index (χ1) is 18.7. The van der Waals surface area contributed by atoms with Crippen LogP contribution in [-0.4, -0.2) is 60.3 Å². The number of fused-ring (bicyclic) bond motifs is 1. The summed E-state index contributed by atoms with van der Waals surface area (Å²) in [6.45, 7) is 17.2. The molecule has 3 rings (SSSR count). The number of ether oxygens (including phenoxy) is 1. The Bertz CT molecular complexity index is 1130. The third-order valence-corrected chi connectivity index (χ3v) is 10.9. The van der Waals surface area contributed by atoms with E-state index in [1.165, 1.54) is 4.31 Å². The number of thioether (sulfide) groups is 1. The van der Waals surface area contributed by atoms with Crippen LogP contribution in [0, 0.1) is 11.3 Å². The standard InChI is InChI=1S/C31H51N3O4S2/c1-8-9-18-38-19-12-17-34-28(32-24-13-10-11-14-27(24)40(34,36)37)21-29(35)33-25-20-23(2)15-16-26(25)39-31(6,7)22-30(3,4)5/h10-11,13-14,23,25-26H,8-9,12,15-22H2,1-7H3,(H,33,35). The van der Waals surface area contributed by atoms with Crippen LogP contribution in [0.25, 0.3) is 0 Å². The van der Waals surface area contributed by atoms with Gasteiger partial charge in [0.2, 0.25) is 5.91 Å². The molecule has 9 heteroatoms. The molecule has 0 radical (unpaired) electrons. The first kappa shape index (κ1) is 32.9. The molecule has 1 amide bonds. The van der Waals surface area contributed by atoms with Crippen LogP contribution in [0.4, 0.5) is 5.69 Å². The second-order valence-corrected chi connectivity index (χ2v) is 17.1. The van der Waals surface area contributed by atoms with E-state index in [9.17, 15) is 13.2 Å². The lowest BCUT2D eigenvalue weighted by Crippen LogP contribution is -2.49. The lowest BCUT2D eigenvalue weighted by Gasteiger charge is -2.41. The lowest BCUT2D eigenvalue weighted by molar-refractivity contribution is -0.120. The summed E-state index contributed by atoms with van der Waals surface area (Å²) >= 11 is 1.99. The van der Waals surface area contributed by atoms with E-state index in [0.717, 1.165) is 38.5 Å². The largest absolute Gasteiger partial charge is 0.381 e. The molecule has 0 spiro atoms. The average molecular weight is 594 g/mol. The first-order valence-corrected chi connectivity index (χ1v) is 17.3. The Hall–Kier alpha value is -1.58. The van der Waals surface area contributed by atoms with Gasteiger partial charge in [0.1, 0.15) is 10.7 Å². The van der Waals surface area contributed by atoms with E-state index in [1.54, 1.807) is 24.3 Å². The van der Waals surface area contributed by atoms with Crippen LogP contribution in [0.5, 0.6) is 0 Å². The molecule has 1 aromatic carbocycles. The van der Waals surface area contributed by atoms with Gasteiger partial charge in [-0.25, -0.2) is 13.4 Å². The van der Waals surface area contributed by atoms with Crippen LogP contribution < -0.4 is 5.32 Å². The number of nitrogens with zero attached hydrogens (tertiary/aromatic N) is 2. The maximum Gasteiger partial charge on any atom is 0.267 e. The highest BCUT2D eigenvalue weighted by Crippen LogP contribution is 2.44. The zero-order valence-electron chi connectivity index (χ0n) is 25.7. The Balaban J connectivity index is 1.74. The predicted molar refractivity (Wildman–Crippen MR) is 167 cm³/mol. The summed E-state index contributed by atoms with van der Waals surface area (Å²) in [5, 5.41) is 3.63. The summed E-state index contributed by atoms with van der Waals surface area (Å²) in [6.07, 6.45) is 6.74. The number of sulfonamides is 1. The second kappa shape index (κ2) is 14.1. The molecule has 3 atom stereocenters. The molecular weight excluding hydrogens is 542 g/mol. The molecule has 1 aromatic rings. The molecule has 1 N–H and O–H groups in total. The molecule has 1 aliphatic heterocycles. The molecule has 3 unspecified atom stereocenters. The van der Waals surface area contributed by atoms with Crippen LogP contribution in [0.1, 0.15) is 99.8 Å². The van der Waals surface area contributed by atoms with Crippen LogP contribution in [0.2, 0.25) is 0 Å². The minimum Gasteiger partial charge on any atom is -0.381 e. The van der Waals surface area contributed by atoms with Crippen molar-refractivity contribution >= 4 is 39.2 Å². The minimum atomic E-state index is -3.81. The van der Waals surface area contributed by atoms with E-state index in [0.29, 0.717) is 36.5 Å². The smallest absolute Gasteiger partial charge is 0.267 e. The van der Waals surface area contributed by atoms with Gasteiger partial charge in [-0.2, -0.15) is 11.8 Å². The summed E-state index contributed by atoms with van der Waals surface area (Å²) < 4.78 is 34.3. The molecular formula is C31H51N3O4S2. The van der Waals surface area contributed by atoms with Gasteiger partial charge in [0.05, 0.1) is 12.1 Å². The van der Waals surface area contributed by atoms with E-state index in [2.05, 4.69) is 58.8 Å². The summed E-state index contributed by atoms with van der Waals surface area (Å²) in [6, 6.07) is 6.81.